The standard InChI is InChI=1S/C26H25F3N4O2/c27-26(28,29)18-30-25(35)22-12-7-15-33(22)23(34)14-13-21-17-32(16-19-8-3-1-4-9-19)31-24(21)20-10-5-2-6-11-20/h1-6,8-11,13-14,17,22H,7,12,15-16,18H2,(H,30,35). The highest BCUT2D eigenvalue weighted by Crippen LogP contribution is 2.25. The summed E-state index contributed by atoms with van der Waals surface area (Å²) < 4.78 is 39.2. The molecule has 3 aromatic rings. The fraction of sp³-hybridized carbons (Fsp3) is 0.269. The van der Waals surface area contributed by atoms with Crippen molar-refractivity contribution in [3.05, 3.63) is 84.1 Å². The molecule has 0 spiro atoms. The van der Waals surface area contributed by atoms with Gasteiger partial charge in [0.2, 0.25) is 11.8 Å². The predicted octanol–water partition coefficient (Wildman–Crippen LogP) is 4.28. The van der Waals surface area contributed by atoms with Crippen molar-refractivity contribution in [2.75, 3.05) is 13.1 Å². The molecule has 1 unspecified atom stereocenters. The summed E-state index contributed by atoms with van der Waals surface area (Å²) >= 11 is 0. The van der Waals surface area contributed by atoms with Gasteiger partial charge in [-0.05, 0) is 24.5 Å². The third-order valence-corrected chi connectivity index (χ3v) is 5.73. The second kappa shape index (κ2) is 10.6. The van der Waals surface area contributed by atoms with Gasteiger partial charge in [-0.3, -0.25) is 14.3 Å². The van der Waals surface area contributed by atoms with Gasteiger partial charge in [0.05, 0.1) is 12.2 Å². The number of halogens is 3. The lowest BCUT2D eigenvalue weighted by Crippen LogP contribution is -2.47. The van der Waals surface area contributed by atoms with Gasteiger partial charge in [0.1, 0.15) is 12.6 Å². The van der Waals surface area contributed by atoms with Crippen molar-refractivity contribution < 1.29 is 22.8 Å². The number of nitrogens with one attached hydrogen (secondary N) is 1. The fourth-order valence-corrected chi connectivity index (χ4v) is 4.10. The third-order valence-electron chi connectivity index (χ3n) is 5.73. The van der Waals surface area contributed by atoms with Crippen LogP contribution in [0, 0.1) is 0 Å². The maximum atomic E-state index is 12.9. The quantitative estimate of drug-likeness (QED) is 0.511. The minimum atomic E-state index is -4.50. The second-order valence-corrected chi connectivity index (χ2v) is 8.34. The number of benzene rings is 2. The number of hydrogen-bond donors (Lipinski definition) is 1. The Hall–Kier alpha value is -3.88. The van der Waals surface area contributed by atoms with Gasteiger partial charge >= 0.3 is 6.18 Å². The highest BCUT2D eigenvalue weighted by molar-refractivity contribution is 5.96. The molecule has 0 radical (unpaired) electrons. The van der Waals surface area contributed by atoms with E-state index in [0.717, 1.165) is 16.7 Å². The van der Waals surface area contributed by atoms with E-state index in [9.17, 15) is 22.8 Å². The molecular formula is C26H25F3N4O2. The van der Waals surface area contributed by atoms with E-state index >= 15 is 0 Å². The van der Waals surface area contributed by atoms with E-state index in [0.29, 0.717) is 31.6 Å². The van der Waals surface area contributed by atoms with Gasteiger partial charge in [-0.2, -0.15) is 18.3 Å². The average molecular weight is 483 g/mol. The van der Waals surface area contributed by atoms with Crippen LogP contribution in [0.25, 0.3) is 17.3 Å². The molecule has 1 saturated heterocycles. The molecule has 0 saturated carbocycles. The van der Waals surface area contributed by atoms with Crippen LogP contribution in [0.1, 0.15) is 24.0 Å². The molecule has 9 heteroatoms. The van der Waals surface area contributed by atoms with Crippen molar-refractivity contribution in [2.45, 2.75) is 31.6 Å². The summed E-state index contributed by atoms with van der Waals surface area (Å²) in [5.41, 5.74) is 3.38. The zero-order valence-corrected chi connectivity index (χ0v) is 18.9. The Labute approximate surface area is 201 Å². The zero-order valence-electron chi connectivity index (χ0n) is 18.9. The van der Waals surface area contributed by atoms with Crippen LogP contribution in [0.15, 0.2) is 72.9 Å². The Bertz CT molecular complexity index is 1190. The van der Waals surface area contributed by atoms with E-state index in [1.54, 1.807) is 10.8 Å². The molecule has 1 aliphatic heterocycles. The summed E-state index contributed by atoms with van der Waals surface area (Å²) in [5.74, 6) is -1.22. The van der Waals surface area contributed by atoms with Crippen molar-refractivity contribution in [3.63, 3.8) is 0 Å². The number of aromatic nitrogens is 2. The van der Waals surface area contributed by atoms with Crippen LogP contribution in [0.5, 0.6) is 0 Å². The van der Waals surface area contributed by atoms with E-state index in [1.807, 2.05) is 72.2 Å². The number of alkyl halides is 3. The first-order chi connectivity index (χ1) is 16.8. The van der Waals surface area contributed by atoms with Crippen LogP contribution in [0.2, 0.25) is 0 Å². The lowest BCUT2D eigenvalue weighted by atomic mass is 10.1. The van der Waals surface area contributed by atoms with E-state index < -0.39 is 30.6 Å². The molecule has 2 heterocycles. The number of carbonyl (C=O) groups excluding carboxylic acids is 2. The molecule has 0 aliphatic carbocycles. The first kappa shape index (κ1) is 24.3. The molecule has 6 nitrogen and oxygen atoms in total. The van der Waals surface area contributed by atoms with Gasteiger partial charge in [-0.1, -0.05) is 60.7 Å². The molecule has 1 N–H and O–H groups in total. The topological polar surface area (TPSA) is 67.2 Å². The first-order valence-corrected chi connectivity index (χ1v) is 11.3. The number of likely N-dealkylation sites (tertiary alicyclic amines) is 1. The largest absolute Gasteiger partial charge is 0.405 e. The van der Waals surface area contributed by atoms with Crippen LogP contribution < -0.4 is 5.32 Å². The Morgan fingerprint density at radius 1 is 1.06 bits per heavy atom. The molecule has 0 bridgehead atoms. The molecule has 182 valence electrons. The summed E-state index contributed by atoms with van der Waals surface area (Å²) in [5, 5.41) is 6.60. The summed E-state index contributed by atoms with van der Waals surface area (Å²) in [6, 6.07) is 18.5. The van der Waals surface area contributed by atoms with Gasteiger partial charge in [0, 0.05) is 29.9 Å². The van der Waals surface area contributed by atoms with Gasteiger partial charge in [0.25, 0.3) is 0 Å². The molecule has 1 aromatic heterocycles. The van der Waals surface area contributed by atoms with E-state index in [1.165, 1.54) is 11.0 Å². The third kappa shape index (κ3) is 6.38. The second-order valence-electron chi connectivity index (χ2n) is 8.34. The predicted molar refractivity (Wildman–Crippen MR) is 126 cm³/mol. The molecule has 2 aromatic carbocycles. The lowest BCUT2D eigenvalue weighted by molar-refractivity contribution is -0.143. The highest BCUT2D eigenvalue weighted by Gasteiger charge is 2.35. The summed E-state index contributed by atoms with van der Waals surface area (Å²) in [6.45, 7) is -0.552. The minimum absolute atomic E-state index is 0.312. The van der Waals surface area contributed by atoms with Gasteiger partial charge < -0.3 is 10.2 Å². The van der Waals surface area contributed by atoms with Crippen molar-refractivity contribution in [1.29, 1.82) is 0 Å². The molecule has 1 atom stereocenters. The van der Waals surface area contributed by atoms with Crippen LogP contribution in [0.4, 0.5) is 13.2 Å². The highest BCUT2D eigenvalue weighted by atomic mass is 19.4. The lowest BCUT2D eigenvalue weighted by Gasteiger charge is -2.23. The number of amides is 2. The van der Waals surface area contributed by atoms with E-state index in [-0.39, 0.29) is 0 Å². The summed E-state index contributed by atoms with van der Waals surface area (Å²) in [4.78, 5) is 26.5. The molecular weight excluding hydrogens is 457 g/mol. The monoisotopic (exact) mass is 482 g/mol. The molecule has 2 amide bonds. The smallest absolute Gasteiger partial charge is 0.345 e. The first-order valence-electron chi connectivity index (χ1n) is 11.3. The number of nitrogens with zero attached hydrogens (tertiary/aromatic N) is 3. The van der Waals surface area contributed by atoms with Crippen molar-refractivity contribution >= 4 is 17.9 Å². The summed E-state index contributed by atoms with van der Waals surface area (Å²) in [6.07, 6.45) is 1.21. The molecule has 1 fully saturated rings. The Balaban J connectivity index is 1.53. The van der Waals surface area contributed by atoms with Crippen LogP contribution >= 0.6 is 0 Å². The zero-order chi connectivity index (χ0) is 24.8. The Morgan fingerprint density at radius 3 is 2.43 bits per heavy atom. The number of carbonyl (C=O) groups is 2. The van der Waals surface area contributed by atoms with Crippen LogP contribution in [0.3, 0.4) is 0 Å². The van der Waals surface area contributed by atoms with Crippen molar-refractivity contribution in [2.24, 2.45) is 0 Å². The Kier molecular flexibility index (Phi) is 7.33. The SMILES string of the molecule is O=C(NCC(F)(F)F)C1CCCN1C(=O)C=Cc1cn(Cc2ccccc2)nc1-c1ccccc1. The molecule has 35 heavy (non-hydrogen) atoms. The van der Waals surface area contributed by atoms with Crippen LogP contribution in [-0.4, -0.2) is 51.8 Å². The average Bonchev–Trinajstić information content (AvgIpc) is 3.49. The normalized spacial score (nSPS) is 16.1. The fourth-order valence-electron chi connectivity index (χ4n) is 4.10. The van der Waals surface area contributed by atoms with E-state index in [4.69, 9.17) is 5.10 Å². The van der Waals surface area contributed by atoms with Crippen molar-refractivity contribution in [3.8, 4) is 11.3 Å². The maximum absolute atomic E-state index is 12.9. The van der Waals surface area contributed by atoms with Crippen molar-refractivity contribution in [1.82, 2.24) is 20.0 Å². The van der Waals surface area contributed by atoms with Crippen LogP contribution in [-0.2, 0) is 16.1 Å². The molecule has 4 rings (SSSR count). The number of rotatable bonds is 7. The van der Waals surface area contributed by atoms with Gasteiger partial charge in [-0.25, -0.2) is 0 Å². The van der Waals surface area contributed by atoms with E-state index in [2.05, 4.69) is 0 Å². The molecule has 1 aliphatic rings. The summed E-state index contributed by atoms with van der Waals surface area (Å²) in [7, 11) is 0. The minimum Gasteiger partial charge on any atom is -0.345 e. The maximum Gasteiger partial charge on any atom is 0.405 e. The Morgan fingerprint density at radius 2 is 1.74 bits per heavy atom. The number of hydrogen-bond acceptors (Lipinski definition) is 3. The van der Waals surface area contributed by atoms with Gasteiger partial charge in [0.15, 0.2) is 0 Å². The van der Waals surface area contributed by atoms with Gasteiger partial charge in [-0.15, -0.1) is 0 Å².